The number of nitrogens with one attached hydrogen (secondary N) is 2. The highest BCUT2D eigenvalue weighted by molar-refractivity contribution is 6.32. The lowest BCUT2D eigenvalue weighted by Crippen LogP contribution is -2.49. The molecule has 1 rings (SSSR count). The molecule has 0 spiro atoms. The second-order valence-electron chi connectivity index (χ2n) is 5.01. The fourth-order valence-electron chi connectivity index (χ4n) is 1.84. The summed E-state index contributed by atoms with van der Waals surface area (Å²) in [7, 11) is 0. The van der Waals surface area contributed by atoms with Crippen LogP contribution >= 0.6 is 11.6 Å². The van der Waals surface area contributed by atoms with E-state index in [9.17, 15) is 19.7 Å². The number of nitro benzene ring substituents is 1. The van der Waals surface area contributed by atoms with Gasteiger partial charge in [-0.25, -0.2) is 0 Å². The lowest BCUT2D eigenvalue weighted by molar-refractivity contribution is -0.384. The topological polar surface area (TPSA) is 101 Å². The minimum Gasteiger partial charge on any atom is -0.355 e. The van der Waals surface area contributed by atoms with Gasteiger partial charge in [-0.05, 0) is 25.0 Å². The van der Waals surface area contributed by atoms with E-state index in [1.807, 2.05) is 0 Å². The standard InChI is InChI=1S/C14H18ClN3O4/c1-4-16-14(20)12(8(2)3)17-13(19)9-5-6-10(15)11(7-9)18(21)22/h5-8,12H,4H2,1-3H3,(H,16,20)(H,17,19). The molecule has 120 valence electrons. The van der Waals surface area contributed by atoms with Crippen LogP contribution < -0.4 is 10.6 Å². The van der Waals surface area contributed by atoms with Crippen LogP contribution in [0.2, 0.25) is 5.02 Å². The fourth-order valence-corrected chi connectivity index (χ4v) is 2.02. The Morgan fingerprint density at radius 1 is 1.36 bits per heavy atom. The first-order chi connectivity index (χ1) is 10.3. The molecule has 0 saturated heterocycles. The quantitative estimate of drug-likeness (QED) is 0.617. The number of rotatable bonds is 6. The van der Waals surface area contributed by atoms with E-state index in [2.05, 4.69) is 10.6 Å². The summed E-state index contributed by atoms with van der Waals surface area (Å²) in [6.07, 6.45) is 0. The molecule has 0 bridgehead atoms. The molecule has 0 aliphatic heterocycles. The highest BCUT2D eigenvalue weighted by Gasteiger charge is 2.25. The van der Waals surface area contributed by atoms with E-state index in [-0.39, 0.29) is 28.1 Å². The maximum Gasteiger partial charge on any atom is 0.288 e. The average Bonchev–Trinajstić information content (AvgIpc) is 2.44. The average molecular weight is 328 g/mol. The molecule has 22 heavy (non-hydrogen) atoms. The number of carbonyl (C=O) groups is 2. The van der Waals surface area contributed by atoms with Crippen molar-refractivity contribution in [1.29, 1.82) is 0 Å². The monoisotopic (exact) mass is 327 g/mol. The number of nitrogens with zero attached hydrogens (tertiary/aromatic N) is 1. The van der Waals surface area contributed by atoms with Crippen LogP contribution in [0.4, 0.5) is 5.69 Å². The number of benzene rings is 1. The molecule has 7 nitrogen and oxygen atoms in total. The van der Waals surface area contributed by atoms with Crippen LogP contribution in [0.3, 0.4) is 0 Å². The van der Waals surface area contributed by atoms with Gasteiger partial charge in [0, 0.05) is 18.2 Å². The van der Waals surface area contributed by atoms with E-state index < -0.39 is 16.9 Å². The summed E-state index contributed by atoms with van der Waals surface area (Å²) >= 11 is 5.71. The Kier molecular flexibility index (Phi) is 6.30. The minimum atomic E-state index is -0.720. The van der Waals surface area contributed by atoms with Crippen molar-refractivity contribution >= 4 is 29.1 Å². The third kappa shape index (κ3) is 4.42. The van der Waals surface area contributed by atoms with Gasteiger partial charge in [-0.2, -0.15) is 0 Å². The van der Waals surface area contributed by atoms with Gasteiger partial charge in [0.15, 0.2) is 0 Å². The van der Waals surface area contributed by atoms with Crippen LogP contribution in [0, 0.1) is 16.0 Å². The van der Waals surface area contributed by atoms with E-state index in [0.717, 1.165) is 6.07 Å². The van der Waals surface area contributed by atoms with Gasteiger partial charge < -0.3 is 10.6 Å². The van der Waals surface area contributed by atoms with Gasteiger partial charge >= 0.3 is 0 Å². The maximum absolute atomic E-state index is 12.2. The van der Waals surface area contributed by atoms with Gasteiger partial charge in [-0.15, -0.1) is 0 Å². The number of nitro groups is 1. The second kappa shape index (κ2) is 7.74. The molecule has 0 radical (unpaired) electrons. The first kappa shape index (κ1) is 17.9. The summed E-state index contributed by atoms with van der Waals surface area (Å²) in [5.41, 5.74) is -0.278. The van der Waals surface area contributed by atoms with Crippen molar-refractivity contribution in [3.05, 3.63) is 38.9 Å². The number of halogens is 1. The Hall–Kier alpha value is -2.15. The van der Waals surface area contributed by atoms with Crippen molar-refractivity contribution in [2.24, 2.45) is 5.92 Å². The third-order valence-electron chi connectivity index (χ3n) is 2.99. The summed E-state index contributed by atoms with van der Waals surface area (Å²) in [5.74, 6) is -0.989. The number of likely N-dealkylation sites (N-methyl/N-ethyl adjacent to an activating group) is 1. The molecule has 1 atom stereocenters. The van der Waals surface area contributed by atoms with Crippen molar-refractivity contribution in [3.63, 3.8) is 0 Å². The first-order valence-electron chi connectivity index (χ1n) is 6.80. The lowest BCUT2D eigenvalue weighted by atomic mass is 10.0. The summed E-state index contributed by atoms with van der Waals surface area (Å²) < 4.78 is 0. The third-order valence-corrected chi connectivity index (χ3v) is 3.31. The van der Waals surface area contributed by atoms with E-state index in [4.69, 9.17) is 11.6 Å². The predicted molar refractivity (Wildman–Crippen MR) is 82.9 cm³/mol. The fraction of sp³-hybridized carbons (Fsp3) is 0.429. The summed E-state index contributed by atoms with van der Waals surface area (Å²) in [6, 6.07) is 3.03. The molecular weight excluding hydrogens is 310 g/mol. The molecule has 0 aliphatic carbocycles. The van der Waals surface area contributed by atoms with Crippen LogP contribution in [-0.2, 0) is 4.79 Å². The summed E-state index contributed by atoms with van der Waals surface area (Å²) in [5, 5.41) is 16.0. The smallest absolute Gasteiger partial charge is 0.288 e. The Morgan fingerprint density at radius 2 is 2.00 bits per heavy atom. The molecule has 2 N–H and O–H groups in total. The molecule has 0 aromatic heterocycles. The van der Waals surface area contributed by atoms with Crippen LogP contribution in [0.5, 0.6) is 0 Å². The van der Waals surface area contributed by atoms with E-state index in [1.54, 1.807) is 20.8 Å². The van der Waals surface area contributed by atoms with Crippen LogP contribution in [0.25, 0.3) is 0 Å². The normalized spacial score (nSPS) is 11.9. The maximum atomic E-state index is 12.2. The predicted octanol–water partition coefficient (Wildman–Crippen LogP) is 2.14. The van der Waals surface area contributed by atoms with Gasteiger partial charge in [0.2, 0.25) is 5.91 Å². The number of hydrogen-bond donors (Lipinski definition) is 2. The zero-order valence-corrected chi connectivity index (χ0v) is 13.3. The summed E-state index contributed by atoms with van der Waals surface area (Å²) in [6.45, 7) is 5.82. The lowest BCUT2D eigenvalue weighted by Gasteiger charge is -2.21. The van der Waals surface area contributed by atoms with E-state index >= 15 is 0 Å². The van der Waals surface area contributed by atoms with Gasteiger partial charge in [0.05, 0.1) is 4.92 Å². The van der Waals surface area contributed by atoms with Crippen molar-refractivity contribution in [3.8, 4) is 0 Å². The van der Waals surface area contributed by atoms with Gasteiger partial charge in [-0.3, -0.25) is 19.7 Å². The van der Waals surface area contributed by atoms with Gasteiger partial charge in [0.1, 0.15) is 11.1 Å². The zero-order valence-electron chi connectivity index (χ0n) is 12.6. The molecular formula is C14H18ClN3O4. The number of hydrogen-bond acceptors (Lipinski definition) is 4. The first-order valence-corrected chi connectivity index (χ1v) is 7.18. The van der Waals surface area contributed by atoms with Gasteiger partial charge in [-0.1, -0.05) is 25.4 Å². The molecule has 1 aromatic rings. The second-order valence-corrected chi connectivity index (χ2v) is 5.42. The van der Waals surface area contributed by atoms with Crippen LogP contribution in [0.15, 0.2) is 18.2 Å². The van der Waals surface area contributed by atoms with Crippen LogP contribution in [-0.4, -0.2) is 29.3 Å². The summed E-state index contributed by atoms with van der Waals surface area (Å²) in [4.78, 5) is 34.3. The molecule has 0 aliphatic rings. The van der Waals surface area contributed by atoms with Gasteiger partial charge in [0.25, 0.3) is 11.6 Å². The Balaban J connectivity index is 2.98. The highest BCUT2D eigenvalue weighted by atomic mass is 35.5. The molecule has 1 aromatic carbocycles. The molecule has 8 heteroatoms. The van der Waals surface area contributed by atoms with Crippen LogP contribution in [0.1, 0.15) is 31.1 Å². The van der Waals surface area contributed by atoms with Crippen molar-refractivity contribution in [2.75, 3.05) is 6.54 Å². The Morgan fingerprint density at radius 3 is 2.50 bits per heavy atom. The largest absolute Gasteiger partial charge is 0.355 e. The van der Waals surface area contributed by atoms with E-state index in [0.29, 0.717) is 6.54 Å². The number of carbonyl (C=O) groups excluding carboxylic acids is 2. The number of amides is 2. The van der Waals surface area contributed by atoms with E-state index in [1.165, 1.54) is 12.1 Å². The minimum absolute atomic E-state index is 0.0503. The molecule has 0 heterocycles. The van der Waals surface area contributed by atoms with Crippen molar-refractivity contribution in [2.45, 2.75) is 26.8 Å². The molecule has 1 unspecified atom stereocenters. The molecule has 0 saturated carbocycles. The zero-order chi connectivity index (χ0) is 16.9. The van der Waals surface area contributed by atoms with Crippen molar-refractivity contribution in [1.82, 2.24) is 10.6 Å². The Labute approximate surface area is 133 Å². The SMILES string of the molecule is CCNC(=O)C(NC(=O)c1ccc(Cl)c([N+](=O)[O-])c1)C(C)C. The molecule has 2 amide bonds. The Bertz CT molecular complexity index is 589. The molecule has 0 fully saturated rings. The highest BCUT2D eigenvalue weighted by Crippen LogP contribution is 2.25. The van der Waals surface area contributed by atoms with Crippen molar-refractivity contribution < 1.29 is 14.5 Å².